The van der Waals surface area contributed by atoms with Crippen molar-refractivity contribution < 1.29 is 4.79 Å². The molecule has 0 bridgehead atoms. The molecular weight excluding hydrogens is 396 g/mol. The van der Waals surface area contributed by atoms with Crippen LogP contribution in [0.2, 0.25) is 0 Å². The molecule has 4 rings (SSSR count). The van der Waals surface area contributed by atoms with Gasteiger partial charge in [0.2, 0.25) is 0 Å². The van der Waals surface area contributed by atoms with Crippen molar-refractivity contribution in [3.63, 3.8) is 0 Å². The number of amides is 1. The second-order valence-electron chi connectivity index (χ2n) is 6.70. The maximum atomic E-state index is 12.4. The van der Waals surface area contributed by atoms with E-state index in [0.717, 1.165) is 34.7 Å². The predicted molar refractivity (Wildman–Crippen MR) is 118 cm³/mol. The third-order valence-corrected chi connectivity index (χ3v) is 5.53. The lowest BCUT2D eigenvalue weighted by Crippen LogP contribution is -2.30. The number of rotatable bonds is 7. The molecular formula is C23H20N4O2S. The highest BCUT2D eigenvalue weighted by Gasteiger charge is 2.11. The lowest BCUT2D eigenvalue weighted by molar-refractivity contribution is 0.0951. The lowest BCUT2D eigenvalue weighted by Gasteiger charge is -2.06. The Balaban J connectivity index is 1.30. The fourth-order valence-electron chi connectivity index (χ4n) is 3.06. The maximum absolute atomic E-state index is 12.4. The fraction of sp³-hybridized carbons (Fsp3) is 0.130. The van der Waals surface area contributed by atoms with Crippen molar-refractivity contribution >= 4 is 17.2 Å². The van der Waals surface area contributed by atoms with Crippen LogP contribution in [0.3, 0.4) is 0 Å². The standard InChI is InChI=1S/C23H20N4O2S/c28-22(18-8-9-19(27-23(18)29)16-5-2-1-3-6-16)25-12-4-7-21-26-20(15-30-21)17-10-13-24-14-11-17/h1-3,5-6,8-11,13-15H,4,7,12H2,(H,25,28)(H,27,29). The van der Waals surface area contributed by atoms with Crippen molar-refractivity contribution in [2.24, 2.45) is 0 Å². The summed E-state index contributed by atoms with van der Waals surface area (Å²) in [7, 11) is 0. The normalized spacial score (nSPS) is 10.7. The van der Waals surface area contributed by atoms with E-state index < -0.39 is 5.56 Å². The molecule has 6 nitrogen and oxygen atoms in total. The van der Waals surface area contributed by atoms with Crippen LogP contribution in [-0.2, 0) is 6.42 Å². The molecule has 0 saturated carbocycles. The van der Waals surface area contributed by atoms with Crippen LogP contribution >= 0.6 is 11.3 Å². The number of nitrogens with one attached hydrogen (secondary N) is 2. The largest absolute Gasteiger partial charge is 0.352 e. The number of carbonyl (C=O) groups excluding carboxylic acids is 1. The topological polar surface area (TPSA) is 87.7 Å². The van der Waals surface area contributed by atoms with Crippen molar-refractivity contribution in [1.29, 1.82) is 0 Å². The number of thiazole rings is 1. The number of nitrogens with zero attached hydrogens (tertiary/aromatic N) is 2. The molecule has 0 spiro atoms. The number of hydrogen-bond donors (Lipinski definition) is 2. The van der Waals surface area contributed by atoms with Crippen LogP contribution in [0.25, 0.3) is 22.5 Å². The summed E-state index contributed by atoms with van der Waals surface area (Å²) >= 11 is 1.60. The summed E-state index contributed by atoms with van der Waals surface area (Å²) in [4.78, 5) is 36.1. The van der Waals surface area contributed by atoms with E-state index in [9.17, 15) is 9.59 Å². The second kappa shape index (κ2) is 9.28. The van der Waals surface area contributed by atoms with E-state index in [4.69, 9.17) is 0 Å². The van der Waals surface area contributed by atoms with Crippen LogP contribution in [0.1, 0.15) is 21.8 Å². The lowest BCUT2D eigenvalue weighted by atomic mass is 10.1. The first-order chi connectivity index (χ1) is 14.7. The van der Waals surface area contributed by atoms with Gasteiger partial charge in [-0.3, -0.25) is 14.6 Å². The zero-order chi connectivity index (χ0) is 20.8. The molecule has 1 aromatic carbocycles. The first-order valence-corrected chi connectivity index (χ1v) is 10.5. The van der Waals surface area contributed by atoms with Gasteiger partial charge in [-0.15, -0.1) is 11.3 Å². The van der Waals surface area contributed by atoms with E-state index in [2.05, 4.69) is 20.3 Å². The van der Waals surface area contributed by atoms with Crippen LogP contribution < -0.4 is 10.9 Å². The molecule has 0 saturated heterocycles. The molecule has 1 amide bonds. The summed E-state index contributed by atoms with van der Waals surface area (Å²) in [5.74, 6) is -0.368. The van der Waals surface area contributed by atoms with Crippen molar-refractivity contribution in [3.8, 4) is 22.5 Å². The van der Waals surface area contributed by atoms with E-state index >= 15 is 0 Å². The average molecular weight is 417 g/mol. The molecule has 4 aromatic rings. The highest BCUT2D eigenvalue weighted by molar-refractivity contribution is 7.09. The van der Waals surface area contributed by atoms with Gasteiger partial charge in [-0.25, -0.2) is 4.98 Å². The molecule has 3 aromatic heterocycles. The summed E-state index contributed by atoms with van der Waals surface area (Å²) in [5, 5.41) is 5.86. The van der Waals surface area contributed by atoms with Crippen molar-refractivity contribution in [2.75, 3.05) is 6.54 Å². The zero-order valence-corrected chi connectivity index (χ0v) is 17.0. The molecule has 0 unspecified atom stereocenters. The minimum absolute atomic E-state index is 0.115. The summed E-state index contributed by atoms with van der Waals surface area (Å²) in [6.07, 6.45) is 5.00. The highest BCUT2D eigenvalue weighted by Crippen LogP contribution is 2.21. The number of H-pyrrole nitrogens is 1. The molecule has 2 N–H and O–H groups in total. The Morgan fingerprint density at radius 2 is 1.80 bits per heavy atom. The van der Waals surface area contributed by atoms with Gasteiger partial charge in [0.15, 0.2) is 0 Å². The van der Waals surface area contributed by atoms with Gasteiger partial charge < -0.3 is 10.3 Å². The van der Waals surface area contributed by atoms with Crippen LogP contribution in [0, 0.1) is 0 Å². The third-order valence-electron chi connectivity index (χ3n) is 4.62. The molecule has 7 heteroatoms. The number of aryl methyl sites for hydroxylation is 1. The smallest absolute Gasteiger partial charge is 0.261 e. The highest BCUT2D eigenvalue weighted by atomic mass is 32.1. The van der Waals surface area contributed by atoms with Gasteiger partial charge in [-0.2, -0.15) is 0 Å². The SMILES string of the molecule is O=C(NCCCc1nc(-c2ccncc2)cs1)c1ccc(-c2ccccc2)[nH]c1=O. The van der Waals surface area contributed by atoms with Gasteiger partial charge in [-0.1, -0.05) is 30.3 Å². The van der Waals surface area contributed by atoms with Crippen molar-refractivity contribution in [2.45, 2.75) is 12.8 Å². The minimum Gasteiger partial charge on any atom is -0.352 e. The molecule has 0 aliphatic carbocycles. The van der Waals surface area contributed by atoms with Gasteiger partial charge in [0.1, 0.15) is 5.56 Å². The Kier molecular flexibility index (Phi) is 6.10. The monoisotopic (exact) mass is 416 g/mol. The summed E-state index contributed by atoms with van der Waals surface area (Å²) < 4.78 is 0. The number of aromatic amines is 1. The summed E-state index contributed by atoms with van der Waals surface area (Å²) in [5.41, 5.74) is 3.28. The van der Waals surface area contributed by atoms with E-state index in [0.29, 0.717) is 12.2 Å². The number of carbonyl (C=O) groups is 1. The maximum Gasteiger partial charge on any atom is 0.261 e. The van der Waals surface area contributed by atoms with Crippen molar-refractivity contribution in [1.82, 2.24) is 20.3 Å². The second-order valence-corrected chi connectivity index (χ2v) is 7.65. The molecule has 0 radical (unpaired) electrons. The Hall–Kier alpha value is -3.58. The molecule has 0 atom stereocenters. The molecule has 0 fully saturated rings. The fourth-order valence-corrected chi connectivity index (χ4v) is 3.91. The summed E-state index contributed by atoms with van der Waals surface area (Å²) in [6, 6.07) is 16.7. The number of benzene rings is 1. The van der Waals surface area contributed by atoms with E-state index in [1.165, 1.54) is 0 Å². The first kappa shape index (κ1) is 19.7. The Bertz CT molecular complexity index is 1190. The minimum atomic E-state index is -0.393. The van der Waals surface area contributed by atoms with Gasteiger partial charge in [0.05, 0.1) is 10.7 Å². The van der Waals surface area contributed by atoms with Crippen molar-refractivity contribution in [3.05, 3.63) is 93.3 Å². The Morgan fingerprint density at radius 1 is 1.00 bits per heavy atom. The Labute approximate surface area is 177 Å². The molecule has 0 aliphatic heterocycles. The first-order valence-electron chi connectivity index (χ1n) is 9.62. The van der Waals surface area contributed by atoms with Crippen LogP contribution in [0.4, 0.5) is 0 Å². The van der Waals surface area contributed by atoms with Gasteiger partial charge in [0.25, 0.3) is 11.5 Å². The number of pyridine rings is 2. The van der Waals surface area contributed by atoms with Gasteiger partial charge in [-0.05, 0) is 36.2 Å². The molecule has 0 aliphatic rings. The van der Waals surface area contributed by atoms with Crippen LogP contribution in [0.5, 0.6) is 0 Å². The van der Waals surface area contributed by atoms with E-state index in [1.807, 2.05) is 47.8 Å². The zero-order valence-electron chi connectivity index (χ0n) is 16.2. The third kappa shape index (κ3) is 4.69. The number of aromatic nitrogens is 3. The predicted octanol–water partition coefficient (Wildman–Crippen LogP) is 3.92. The average Bonchev–Trinajstić information content (AvgIpc) is 3.27. The quantitative estimate of drug-likeness (QED) is 0.447. The number of hydrogen-bond acceptors (Lipinski definition) is 5. The van der Waals surface area contributed by atoms with E-state index in [-0.39, 0.29) is 11.5 Å². The van der Waals surface area contributed by atoms with Gasteiger partial charge in [0, 0.05) is 42.0 Å². The molecule has 150 valence electrons. The van der Waals surface area contributed by atoms with E-state index in [1.54, 1.807) is 35.9 Å². The van der Waals surface area contributed by atoms with Crippen LogP contribution in [-0.4, -0.2) is 27.4 Å². The van der Waals surface area contributed by atoms with Gasteiger partial charge >= 0.3 is 0 Å². The van der Waals surface area contributed by atoms with Crippen LogP contribution in [0.15, 0.2) is 77.2 Å². The summed E-state index contributed by atoms with van der Waals surface area (Å²) in [6.45, 7) is 0.475. The molecule has 30 heavy (non-hydrogen) atoms. The Morgan fingerprint density at radius 3 is 2.57 bits per heavy atom. The molecule has 3 heterocycles.